The largest absolute Gasteiger partial charge is 0.431 e. The van der Waals surface area contributed by atoms with Crippen LogP contribution in [0, 0.1) is 6.92 Å². The fourth-order valence-corrected chi connectivity index (χ4v) is 4.37. The van der Waals surface area contributed by atoms with Crippen molar-refractivity contribution in [1.29, 1.82) is 0 Å². The first-order chi connectivity index (χ1) is 16.6. The van der Waals surface area contributed by atoms with Crippen LogP contribution in [0.4, 0.5) is 13.2 Å². The Hall–Kier alpha value is -3.52. The van der Waals surface area contributed by atoms with Gasteiger partial charge < -0.3 is 14.0 Å². The Labute approximate surface area is 206 Å². The summed E-state index contributed by atoms with van der Waals surface area (Å²) < 4.78 is 46.1. The molecule has 1 amide bonds. The summed E-state index contributed by atoms with van der Waals surface area (Å²) in [5.74, 6) is 0.0790. The van der Waals surface area contributed by atoms with Gasteiger partial charge in [0, 0.05) is 43.6 Å². The normalized spacial score (nSPS) is 11.6. The molecule has 182 valence electrons. The molecule has 0 saturated heterocycles. The van der Waals surface area contributed by atoms with Crippen molar-refractivity contribution in [3.63, 3.8) is 0 Å². The Morgan fingerprint density at radius 3 is 2.31 bits per heavy atom. The maximum Gasteiger partial charge on any atom is 0.431 e. The van der Waals surface area contributed by atoms with Crippen molar-refractivity contribution in [2.45, 2.75) is 26.2 Å². The van der Waals surface area contributed by atoms with Gasteiger partial charge in [-0.2, -0.15) is 13.2 Å². The van der Waals surface area contributed by atoms with Crippen LogP contribution >= 0.6 is 11.6 Å². The van der Waals surface area contributed by atoms with E-state index >= 15 is 0 Å². The molecular weight excluding hydrogens is 477 g/mol. The molecule has 0 fully saturated rings. The predicted octanol–water partition coefficient (Wildman–Crippen LogP) is 6.19. The highest BCUT2D eigenvalue weighted by Crippen LogP contribution is 2.42. The molecule has 9 heteroatoms. The van der Waals surface area contributed by atoms with Crippen LogP contribution < -0.4 is 0 Å². The predicted molar refractivity (Wildman–Crippen MR) is 129 cm³/mol. The van der Waals surface area contributed by atoms with Gasteiger partial charge >= 0.3 is 6.18 Å². The standard InChI is InChI=1S/C26H24ClF3N4O/c1-17-22(19-9-11-20(27)12-10-19)23(25(35)33(3)16-21-31-13-14-32(21)2)34(24(17)26(28,29)30)15-18-7-5-4-6-8-18/h4-14H,15-16H2,1-3H3. The lowest BCUT2D eigenvalue weighted by atomic mass is 10.00. The van der Waals surface area contributed by atoms with E-state index in [0.29, 0.717) is 22.0 Å². The van der Waals surface area contributed by atoms with Crippen LogP contribution in [0.2, 0.25) is 5.02 Å². The lowest BCUT2D eigenvalue weighted by Crippen LogP contribution is -2.31. The minimum atomic E-state index is -4.67. The average Bonchev–Trinajstić information content (AvgIpc) is 3.34. The van der Waals surface area contributed by atoms with E-state index in [1.807, 2.05) is 0 Å². The molecule has 0 radical (unpaired) electrons. The van der Waals surface area contributed by atoms with Gasteiger partial charge in [0.15, 0.2) is 0 Å². The van der Waals surface area contributed by atoms with Gasteiger partial charge in [-0.1, -0.05) is 54.1 Å². The molecule has 2 heterocycles. The quantitative estimate of drug-likeness (QED) is 0.317. The van der Waals surface area contributed by atoms with E-state index in [-0.39, 0.29) is 29.9 Å². The lowest BCUT2D eigenvalue weighted by Gasteiger charge is -2.21. The Morgan fingerprint density at radius 2 is 1.74 bits per heavy atom. The Kier molecular flexibility index (Phi) is 6.76. The molecule has 0 bridgehead atoms. The van der Waals surface area contributed by atoms with Crippen molar-refractivity contribution < 1.29 is 18.0 Å². The van der Waals surface area contributed by atoms with Crippen molar-refractivity contribution in [2.24, 2.45) is 7.05 Å². The molecule has 2 aromatic heterocycles. The summed E-state index contributed by atoms with van der Waals surface area (Å²) in [6, 6.07) is 15.3. The zero-order valence-corrected chi connectivity index (χ0v) is 20.2. The van der Waals surface area contributed by atoms with Gasteiger partial charge in [0.05, 0.1) is 6.54 Å². The third-order valence-corrected chi connectivity index (χ3v) is 6.19. The van der Waals surface area contributed by atoms with Crippen molar-refractivity contribution in [1.82, 2.24) is 19.0 Å². The van der Waals surface area contributed by atoms with Gasteiger partial charge in [0.1, 0.15) is 17.2 Å². The van der Waals surface area contributed by atoms with E-state index < -0.39 is 17.8 Å². The Balaban J connectivity index is 1.94. The molecule has 0 aliphatic carbocycles. The van der Waals surface area contributed by atoms with Crippen LogP contribution in [0.15, 0.2) is 67.0 Å². The first-order valence-corrected chi connectivity index (χ1v) is 11.3. The van der Waals surface area contributed by atoms with Crippen molar-refractivity contribution in [3.8, 4) is 11.1 Å². The zero-order chi connectivity index (χ0) is 25.3. The zero-order valence-electron chi connectivity index (χ0n) is 19.5. The molecule has 35 heavy (non-hydrogen) atoms. The maximum atomic E-state index is 14.4. The van der Waals surface area contributed by atoms with Crippen LogP contribution in [-0.2, 0) is 26.3 Å². The smallest absolute Gasteiger partial charge is 0.337 e. The third kappa shape index (κ3) is 4.98. The molecule has 2 aromatic carbocycles. The van der Waals surface area contributed by atoms with Gasteiger partial charge in [-0.25, -0.2) is 4.98 Å². The molecule has 0 atom stereocenters. The fraction of sp³-hybridized carbons (Fsp3) is 0.231. The van der Waals surface area contributed by atoms with Crippen LogP contribution in [0.1, 0.15) is 33.1 Å². The molecular formula is C26H24ClF3N4O. The number of carbonyl (C=O) groups excluding carboxylic acids is 1. The number of hydrogen-bond donors (Lipinski definition) is 0. The molecule has 0 saturated carbocycles. The van der Waals surface area contributed by atoms with Gasteiger partial charge in [-0.15, -0.1) is 0 Å². The summed E-state index contributed by atoms with van der Waals surface area (Å²) in [4.78, 5) is 19.5. The van der Waals surface area contributed by atoms with Gasteiger partial charge in [0.2, 0.25) is 0 Å². The fourth-order valence-electron chi connectivity index (χ4n) is 4.24. The molecule has 0 aliphatic rings. The van der Waals surface area contributed by atoms with E-state index in [9.17, 15) is 18.0 Å². The summed E-state index contributed by atoms with van der Waals surface area (Å²) in [5, 5.41) is 0.450. The SMILES string of the molecule is Cc1c(-c2ccc(Cl)cc2)c(C(=O)N(C)Cc2nccn2C)n(Cc2ccccc2)c1C(F)(F)F. The topological polar surface area (TPSA) is 43.1 Å². The average molecular weight is 501 g/mol. The first-order valence-electron chi connectivity index (χ1n) is 10.9. The molecule has 0 N–H and O–H groups in total. The molecule has 0 aliphatic heterocycles. The first kappa shape index (κ1) is 24.6. The van der Waals surface area contributed by atoms with Gasteiger partial charge in [-0.05, 0) is 35.7 Å². The molecule has 0 spiro atoms. The van der Waals surface area contributed by atoms with Crippen molar-refractivity contribution in [3.05, 3.63) is 100 Å². The summed E-state index contributed by atoms with van der Waals surface area (Å²) in [7, 11) is 3.36. The van der Waals surface area contributed by atoms with E-state index in [2.05, 4.69) is 4.98 Å². The van der Waals surface area contributed by atoms with Crippen LogP contribution in [0.5, 0.6) is 0 Å². The molecule has 4 rings (SSSR count). The highest BCUT2D eigenvalue weighted by atomic mass is 35.5. The molecule has 4 aromatic rings. The number of rotatable bonds is 6. The number of nitrogens with zero attached hydrogens (tertiary/aromatic N) is 4. The van der Waals surface area contributed by atoms with Crippen molar-refractivity contribution >= 4 is 17.5 Å². The van der Waals surface area contributed by atoms with E-state index in [1.165, 1.54) is 11.8 Å². The van der Waals surface area contributed by atoms with E-state index in [4.69, 9.17) is 11.6 Å². The number of hydrogen-bond acceptors (Lipinski definition) is 2. The summed E-state index contributed by atoms with van der Waals surface area (Å²) >= 11 is 6.03. The number of aromatic nitrogens is 3. The minimum absolute atomic E-state index is 0.00973. The van der Waals surface area contributed by atoms with Gasteiger partial charge in [0.25, 0.3) is 5.91 Å². The summed E-state index contributed by atoms with van der Waals surface area (Å²) in [6.07, 6.45) is -1.32. The molecule has 5 nitrogen and oxygen atoms in total. The number of benzene rings is 2. The second-order valence-corrected chi connectivity index (χ2v) is 8.83. The van der Waals surface area contributed by atoms with Crippen molar-refractivity contribution in [2.75, 3.05) is 7.05 Å². The Morgan fingerprint density at radius 1 is 1.09 bits per heavy atom. The van der Waals surface area contributed by atoms with Crippen LogP contribution in [-0.4, -0.2) is 32.0 Å². The third-order valence-electron chi connectivity index (χ3n) is 5.94. The second-order valence-electron chi connectivity index (χ2n) is 8.39. The van der Waals surface area contributed by atoms with E-state index in [0.717, 1.165) is 4.57 Å². The van der Waals surface area contributed by atoms with Crippen LogP contribution in [0.25, 0.3) is 11.1 Å². The Bertz CT molecular complexity index is 1340. The highest BCUT2D eigenvalue weighted by molar-refractivity contribution is 6.30. The monoisotopic (exact) mass is 500 g/mol. The number of aryl methyl sites for hydroxylation is 1. The number of alkyl halides is 3. The number of amides is 1. The highest BCUT2D eigenvalue weighted by Gasteiger charge is 2.41. The summed E-state index contributed by atoms with van der Waals surface area (Å²) in [5.41, 5.74) is 0.485. The number of halogens is 4. The number of imidazole rings is 1. The van der Waals surface area contributed by atoms with E-state index in [1.54, 1.807) is 85.7 Å². The number of carbonyl (C=O) groups is 1. The van der Waals surface area contributed by atoms with Gasteiger partial charge in [-0.3, -0.25) is 4.79 Å². The minimum Gasteiger partial charge on any atom is -0.337 e. The molecule has 0 unspecified atom stereocenters. The second kappa shape index (κ2) is 9.62. The van der Waals surface area contributed by atoms with Crippen LogP contribution in [0.3, 0.4) is 0 Å². The maximum absolute atomic E-state index is 14.4. The summed E-state index contributed by atoms with van der Waals surface area (Å²) in [6.45, 7) is 1.44. The lowest BCUT2D eigenvalue weighted by molar-refractivity contribution is -0.143.